The molecule has 8 nitrogen and oxygen atoms in total. The highest BCUT2D eigenvalue weighted by Gasteiger charge is 2.15. The number of nitrogens with one attached hydrogen (secondary N) is 1. The van der Waals surface area contributed by atoms with Gasteiger partial charge >= 0.3 is 0 Å². The normalized spacial score (nSPS) is 10.9. The lowest BCUT2D eigenvalue weighted by Gasteiger charge is -2.09. The maximum absolute atomic E-state index is 12.7. The number of amides is 1. The average Bonchev–Trinajstić information content (AvgIpc) is 3.49. The molecule has 3 heterocycles. The molecule has 0 saturated heterocycles. The molecule has 4 aromatic rings. The zero-order chi connectivity index (χ0) is 22.3. The Labute approximate surface area is 187 Å². The van der Waals surface area contributed by atoms with E-state index in [0.717, 1.165) is 42.2 Å². The summed E-state index contributed by atoms with van der Waals surface area (Å²) in [6, 6.07) is 13.3. The van der Waals surface area contributed by atoms with Gasteiger partial charge in [0.1, 0.15) is 5.69 Å². The first-order valence-corrected chi connectivity index (χ1v) is 10.9. The molecule has 1 amide bonds. The van der Waals surface area contributed by atoms with E-state index in [4.69, 9.17) is 0 Å². The van der Waals surface area contributed by atoms with Crippen molar-refractivity contribution in [2.24, 2.45) is 0 Å². The minimum Gasteiger partial charge on any atom is -0.352 e. The predicted octanol–water partition coefficient (Wildman–Crippen LogP) is 3.61. The van der Waals surface area contributed by atoms with Gasteiger partial charge in [-0.3, -0.25) is 14.5 Å². The Morgan fingerprint density at radius 2 is 2.00 bits per heavy atom. The van der Waals surface area contributed by atoms with Gasteiger partial charge in [-0.15, -0.1) is 0 Å². The number of rotatable bonds is 9. The second-order valence-corrected chi connectivity index (χ2v) is 7.62. The van der Waals surface area contributed by atoms with E-state index in [0.29, 0.717) is 24.4 Å². The second kappa shape index (κ2) is 10.00. The summed E-state index contributed by atoms with van der Waals surface area (Å²) in [6.07, 6.45) is 8.04. The van der Waals surface area contributed by atoms with Crippen molar-refractivity contribution in [1.82, 2.24) is 34.8 Å². The number of aromatic nitrogens is 6. The molecule has 1 N–H and O–H groups in total. The van der Waals surface area contributed by atoms with Crippen molar-refractivity contribution < 1.29 is 4.79 Å². The third kappa shape index (κ3) is 5.08. The van der Waals surface area contributed by atoms with Gasteiger partial charge in [0.05, 0.1) is 5.69 Å². The van der Waals surface area contributed by atoms with Crippen molar-refractivity contribution in [1.29, 1.82) is 0 Å². The molecule has 164 valence electrons. The molecular formula is C24H27N7O. The summed E-state index contributed by atoms with van der Waals surface area (Å²) in [5, 5.41) is 11.8. The molecule has 1 aromatic carbocycles. The van der Waals surface area contributed by atoms with Crippen molar-refractivity contribution in [2.45, 2.75) is 39.7 Å². The Morgan fingerprint density at radius 1 is 1.09 bits per heavy atom. The van der Waals surface area contributed by atoms with E-state index in [-0.39, 0.29) is 5.91 Å². The van der Waals surface area contributed by atoms with Crippen LogP contribution < -0.4 is 5.32 Å². The van der Waals surface area contributed by atoms with E-state index >= 15 is 0 Å². The third-order valence-corrected chi connectivity index (χ3v) is 5.12. The molecule has 0 fully saturated rings. The Balaban J connectivity index is 1.46. The Morgan fingerprint density at radius 3 is 2.78 bits per heavy atom. The number of unbranched alkanes of at least 4 members (excludes halogenated alkanes) is 1. The molecule has 0 aliphatic heterocycles. The highest BCUT2D eigenvalue weighted by atomic mass is 16.1. The minimum absolute atomic E-state index is 0.1000. The fraction of sp³-hybridized carbons (Fsp3) is 0.292. The van der Waals surface area contributed by atoms with Crippen LogP contribution in [0.4, 0.5) is 0 Å². The maximum Gasteiger partial charge on any atom is 0.251 e. The Bertz CT molecular complexity index is 1180. The lowest BCUT2D eigenvalue weighted by molar-refractivity contribution is 0.0953. The van der Waals surface area contributed by atoms with Crippen LogP contribution in [0.25, 0.3) is 17.2 Å². The number of carbonyl (C=O) groups is 1. The summed E-state index contributed by atoms with van der Waals surface area (Å²) >= 11 is 0. The minimum atomic E-state index is -0.1000. The van der Waals surface area contributed by atoms with Crippen LogP contribution in [0.5, 0.6) is 0 Å². The Kier molecular flexibility index (Phi) is 6.69. The van der Waals surface area contributed by atoms with Gasteiger partial charge < -0.3 is 5.32 Å². The summed E-state index contributed by atoms with van der Waals surface area (Å²) in [7, 11) is 0. The monoisotopic (exact) mass is 429 g/mol. The van der Waals surface area contributed by atoms with Gasteiger partial charge in [0.25, 0.3) is 5.91 Å². The number of nitrogens with zero attached hydrogens (tertiary/aromatic N) is 6. The molecule has 0 radical (unpaired) electrons. The lowest BCUT2D eigenvalue weighted by Crippen LogP contribution is -2.24. The van der Waals surface area contributed by atoms with Crippen LogP contribution in [0.1, 0.15) is 41.5 Å². The largest absolute Gasteiger partial charge is 0.352 e. The molecule has 3 aromatic heterocycles. The van der Waals surface area contributed by atoms with Gasteiger partial charge in [0, 0.05) is 43.7 Å². The number of hydrogen-bond acceptors (Lipinski definition) is 5. The molecular weight excluding hydrogens is 402 g/mol. The van der Waals surface area contributed by atoms with Crippen LogP contribution in [0, 0.1) is 6.92 Å². The fourth-order valence-electron chi connectivity index (χ4n) is 3.42. The number of aryl methyl sites for hydroxylation is 3. The van der Waals surface area contributed by atoms with Gasteiger partial charge in [-0.25, -0.2) is 9.67 Å². The van der Waals surface area contributed by atoms with Gasteiger partial charge in [0.2, 0.25) is 0 Å². The van der Waals surface area contributed by atoms with E-state index in [1.807, 2.05) is 67.2 Å². The first kappa shape index (κ1) is 21.4. The van der Waals surface area contributed by atoms with Crippen molar-refractivity contribution in [3.63, 3.8) is 0 Å². The van der Waals surface area contributed by atoms with Crippen LogP contribution in [-0.4, -0.2) is 42.0 Å². The summed E-state index contributed by atoms with van der Waals surface area (Å²) in [6.45, 7) is 5.50. The molecule has 0 aliphatic carbocycles. The molecule has 32 heavy (non-hydrogen) atoms. The van der Waals surface area contributed by atoms with Crippen molar-refractivity contribution in [3.8, 4) is 17.2 Å². The fourth-order valence-corrected chi connectivity index (χ4v) is 3.42. The molecule has 0 aliphatic rings. The summed E-state index contributed by atoms with van der Waals surface area (Å²) in [5.41, 5.74) is 3.22. The molecule has 0 spiro atoms. The van der Waals surface area contributed by atoms with Gasteiger partial charge in [-0.2, -0.15) is 10.2 Å². The van der Waals surface area contributed by atoms with Crippen LogP contribution in [0.2, 0.25) is 0 Å². The lowest BCUT2D eigenvalue weighted by atomic mass is 10.1. The van der Waals surface area contributed by atoms with Crippen molar-refractivity contribution in [2.75, 3.05) is 6.54 Å². The highest BCUT2D eigenvalue weighted by molar-refractivity contribution is 5.94. The topological polar surface area (TPSA) is 90.5 Å². The van der Waals surface area contributed by atoms with E-state index in [9.17, 15) is 4.79 Å². The zero-order valence-electron chi connectivity index (χ0n) is 18.4. The summed E-state index contributed by atoms with van der Waals surface area (Å²) < 4.78 is 3.66. The van der Waals surface area contributed by atoms with Gasteiger partial charge in [0.15, 0.2) is 11.6 Å². The van der Waals surface area contributed by atoms with Gasteiger partial charge in [-0.1, -0.05) is 13.0 Å². The van der Waals surface area contributed by atoms with Crippen LogP contribution in [0.3, 0.4) is 0 Å². The summed E-state index contributed by atoms with van der Waals surface area (Å²) in [4.78, 5) is 21.8. The van der Waals surface area contributed by atoms with E-state index in [1.54, 1.807) is 17.1 Å². The molecule has 0 unspecified atom stereocenters. The first-order chi connectivity index (χ1) is 15.6. The molecule has 0 atom stereocenters. The first-order valence-electron chi connectivity index (χ1n) is 10.9. The maximum atomic E-state index is 12.7. The summed E-state index contributed by atoms with van der Waals surface area (Å²) in [5.74, 6) is 1.30. The van der Waals surface area contributed by atoms with E-state index in [1.165, 1.54) is 0 Å². The highest BCUT2D eigenvalue weighted by Crippen LogP contribution is 2.21. The number of pyridine rings is 1. The molecule has 0 bridgehead atoms. The van der Waals surface area contributed by atoms with Crippen molar-refractivity contribution >= 4 is 5.91 Å². The predicted molar refractivity (Wildman–Crippen MR) is 122 cm³/mol. The molecule has 4 rings (SSSR count). The number of hydrogen-bond donors (Lipinski definition) is 1. The van der Waals surface area contributed by atoms with E-state index in [2.05, 4.69) is 25.5 Å². The zero-order valence-corrected chi connectivity index (χ0v) is 18.4. The SMILES string of the molecule is CCc1nc(-c2cc(C)ccn2)n(-c2cccc(C(=O)NCCCCn3cccn3)c2)n1. The molecule has 0 saturated carbocycles. The second-order valence-electron chi connectivity index (χ2n) is 7.62. The average molecular weight is 430 g/mol. The van der Waals surface area contributed by atoms with Crippen molar-refractivity contribution in [3.05, 3.63) is 78.0 Å². The Hall–Kier alpha value is -3.81. The number of carbonyl (C=O) groups excluding carboxylic acids is 1. The smallest absolute Gasteiger partial charge is 0.251 e. The standard InChI is InChI=1S/C24H27N7O/c1-3-22-28-23(21-16-18(2)10-13-25-21)31(29-22)20-9-6-8-19(17-20)24(32)26-11-4-5-14-30-15-7-12-27-30/h6-10,12-13,15-17H,3-5,11,14H2,1-2H3,(H,26,32). The quantitative estimate of drug-likeness (QED) is 0.411. The molecule has 8 heteroatoms. The van der Waals surface area contributed by atoms with Crippen LogP contribution in [-0.2, 0) is 13.0 Å². The van der Waals surface area contributed by atoms with Gasteiger partial charge in [-0.05, 0) is 61.7 Å². The van der Waals surface area contributed by atoms with Crippen LogP contribution in [0.15, 0.2) is 61.1 Å². The number of benzene rings is 1. The van der Waals surface area contributed by atoms with E-state index < -0.39 is 0 Å². The van der Waals surface area contributed by atoms with Crippen LogP contribution >= 0.6 is 0 Å². The third-order valence-electron chi connectivity index (χ3n) is 5.12.